The molecule has 0 saturated carbocycles. The maximum Gasteiger partial charge on any atom is 0.326 e. The van der Waals surface area contributed by atoms with Crippen LogP contribution in [-0.2, 0) is 9.59 Å². The van der Waals surface area contributed by atoms with E-state index in [0.717, 1.165) is 0 Å². The van der Waals surface area contributed by atoms with Gasteiger partial charge in [-0.15, -0.1) is 0 Å². The number of nitrogens with one attached hydrogen (secondary N) is 2. The number of aliphatic carboxylic acids is 1. The number of rotatable bonds is 5. The van der Waals surface area contributed by atoms with Gasteiger partial charge >= 0.3 is 5.97 Å². The summed E-state index contributed by atoms with van der Waals surface area (Å²) in [6, 6.07) is -0.0258. The van der Waals surface area contributed by atoms with Crippen LogP contribution in [0, 0.1) is 0 Å². The molecular formula is C9H10ClN3O4. The van der Waals surface area contributed by atoms with Crippen molar-refractivity contribution in [1.82, 2.24) is 10.3 Å². The Kier molecular flexibility index (Phi) is 4.11. The molecule has 1 atom stereocenters. The second kappa shape index (κ2) is 5.35. The van der Waals surface area contributed by atoms with Gasteiger partial charge in [0.15, 0.2) is 0 Å². The fourth-order valence-corrected chi connectivity index (χ4v) is 1.30. The number of carboxylic acid groups (broad SMARTS) is 1. The number of carbonyl (C=O) groups is 3. The molecule has 0 aliphatic rings. The Hall–Kier alpha value is -2.02. The molecule has 1 aromatic heterocycles. The third-order valence-corrected chi connectivity index (χ3v) is 2.12. The minimum Gasteiger partial charge on any atom is -0.480 e. The second-order valence-electron chi connectivity index (χ2n) is 3.27. The van der Waals surface area contributed by atoms with Crippen molar-refractivity contribution < 1.29 is 19.5 Å². The van der Waals surface area contributed by atoms with Gasteiger partial charge in [0.25, 0.3) is 5.91 Å². The quantitative estimate of drug-likeness (QED) is 0.580. The lowest BCUT2D eigenvalue weighted by atomic mass is 10.2. The van der Waals surface area contributed by atoms with Gasteiger partial charge in [-0.05, 0) is 6.07 Å². The van der Waals surface area contributed by atoms with Gasteiger partial charge in [0.2, 0.25) is 5.91 Å². The average molecular weight is 260 g/mol. The number of H-pyrrole nitrogens is 1. The first-order valence-corrected chi connectivity index (χ1v) is 4.94. The highest BCUT2D eigenvalue weighted by Crippen LogP contribution is 2.09. The van der Waals surface area contributed by atoms with E-state index in [1.165, 1.54) is 12.3 Å². The number of hydrogen-bond acceptors (Lipinski definition) is 3. The van der Waals surface area contributed by atoms with Crippen LogP contribution in [0.5, 0.6) is 0 Å². The summed E-state index contributed by atoms with van der Waals surface area (Å²) in [4.78, 5) is 35.5. The SMILES string of the molecule is NC(=O)C[C@H](NC(=O)c1cc(Cl)c[nH]1)C(=O)O. The number of carbonyl (C=O) groups excluding carboxylic acids is 2. The highest BCUT2D eigenvalue weighted by molar-refractivity contribution is 6.31. The van der Waals surface area contributed by atoms with E-state index in [-0.39, 0.29) is 5.69 Å². The topological polar surface area (TPSA) is 125 Å². The lowest BCUT2D eigenvalue weighted by Crippen LogP contribution is -2.43. The van der Waals surface area contributed by atoms with Gasteiger partial charge in [0.05, 0.1) is 11.4 Å². The molecule has 1 heterocycles. The Balaban J connectivity index is 2.70. The van der Waals surface area contributed by atoms with Crippen molar-refractivity contribution >= 4 is 29.4 Å². The highest BCUT2D eigenvalue weighted by Gasteiger charge is 2.23. The maximum atomic E-state index is 11.5. The first kappa shape index (κ1) is 13.0. The number of primary amides is 1. The number of halogens is 1. The molecule has 0 bridgehead atoms. The molecule has 17 heavy (non-hydrogen) atoms. The van der Waals surface area contributed by atoms with Crippen molar-refractivity contribution in [1.29, 1.82) is 0 Å². The van der Waals surface area contributed by atoms with E-state index in [1.54, 1.807) is 0 Å². The summed E-state index contributed by atoms with van der Waals surface area (Å²) in [5.41, 5.74) is 4.97. The molecule has 0 aromatic carbocycles. The van der Waals surface area contributed by atoms with Gasteiger partial charge in [-0.25, -0.2) is 4.79 Å². The van der Waals surface area contributed by atoms with Crippen LogP contribution in [0.4, 0.5) is 0 Å². The molecule has 0 aliphatic carbocycles. The average Bonchev–Trinajstić information content (AvgIpc) is 2.63. The normalized spacial score (nSPS) is 11.8. The number of carboxylic acids is 1. The number of aromatic nitrogens is 1. The van der Waals surface area contributed by atoms with Crippen molar-refractivity contribution in [2.24, 2.45) is 5.73 Å². The van der Waals surface area contributed by atoms with E-state index >= 15 is 0 Å². The lowest BCUT2D eigenvalue weighted by molar-refractivity contribution is -0.140. The largest absolute Gasteiger partial charge is 0.480 e. The van der Waals surface area contributed by atoms with Crippen LogP contribution < -0.4 is 11.1 Å². The van der Waals surface area contributed by atoms with Crippen LogP contribution in [0.2, 0.25) is 5.02 Å². The van der Waals surface area contributed by atoms with E-state index < -0.39 is 30.2 Å². The van der Waals surface area contributed by atoms with Gasteiger partial charge in [0.1, 0.15) is 11.7 Å². The molecule has 0 unspecified atom stereocenters. The van der Waals surface area contributed by atoms with Crippen molar-refractivity contribution in [2.45, 2.75) is 12.5 Å². The maximum absolute atomic E-state index is 11.5. The van der Waals surface area contributed by atoms with Crippen LogP contribution in [0.1, 0.15) is 16.9 Å². The molecule has 7 nitrogen and oxygen atoms in total. The van der Waals surface area contributed by atoms with Crippen LogP contribution in [0.25, 0.3) is 0 Å². The minimum atomic E-state index is -1.36. The van der Waals surface area contributed by atoms with Gasteiger partial charge in [-0.1, -0.05) is 11.6 Å². The van der Waals surface area contributed by atoms with Gasteiger partial charge < -0.3 is 21.1 Å². The summed E-state index contributed by atoms with van der Waals surface area (Å²) in [5, 5.41) is 11.2. The van der Waals surface area contributed by atoms with Crippen LogP contribution in [-0.4, -0.2) is 33.9 Å². The summed E-state index contributed by atoms with van der Waals surface area (Å²) >= 11 is 5.59. The lowest BCUT2D eigenvalue weighted by Gasteiger charge is -2.11. The van der Waals surface area contributed by atoms with Crippen LogP contribution >= 0.6 is 11.6 Å². The van der Waals surface area contributed by atoms with Crippen molar-refractivity contribution in [2.75, 3.05) is 0 Å². The van der Waals surface area contributed by atoms with Gasteiger partial charge in [-0.3, -0.25) is 9.59 Å². The predicted octanol–water partition coefficient (Wildman–Crippen LogP) is -0.274. The zero-order chi connectivity index (χ0) is 13.0. The van der Waals surface area contributed by atoms with Crippen molar-refractivity contribution in [3.05, 3.63) is 23.0 Å². The van der Waals surface area contributed by atoms with Crippen LogP contribution in [0.3, 0.4) is 0 Å². The number of aromatic amines is 1. The van der Waals surface area contributed by atoms with E-state index in [4.69, 9.17) is 22.4 Å². The molecule has 0 saturated heterocycles. The first-order chi connectivity index (χ1) is 7.90. The third kappa shape index (κ3) is 3.80. The van der Waals surface area contributed by atoms with E-state index in [9.17, 15) is 14.4 Å². The Morgan fingerprint density at radius 2 is 2.18 bits per heavy atom. The summed E-state index contributed by atoms with van der Waals surface area (Å²) in [5.74, 6) is -2.83. The molecule has 2 amide bonds. The smallest absolute Gasteiger partial charge is 0.326 e. The summed E-state index contributed by atoms with van der Waals surface area (Å²) < 4.78 is 0. The first-order valence-electron chi connectivity index (χ1n) is 4.56. The summed E-state index contributed by atoms with van der Waals surface area (Å²) in [7, 11) is 0. The molecule has 0 spiro atoms. The van der Waals surface area contributed by atoms with Crippen molar-refractivity contribution in [3.8, 4) is 0 Å². The number of hydrogen-bond donors (Lipinski definition) is 4. The van der Waals surface area contributed by atoms with E-state index in [0.29, 0.717) is 5.02 Å². The Labute approximate surface area is 101 Å². The molecule has 8 heteroatoms. The van der Waals surface area contributed by atoms with Crippen molar-refractivity contribution in [3.63, 3.8) is 0 Å². The molecule has 5 N–H and O–H groups in total. The minimum absolute atomic E-state index is 0.103. The fraction of sp³-hybridized carbons (Fsp3) is 0.222. The van der Waals surface area contributed by atoms with Gasteiger partial charge in [-0.2, -0.15) is 0 Å². The molecule has 0 radical (unpaired) electrons. The number of nitrogens with two attached hydrogens (primary N) is 1. The van der Waals surface area contributed by atoms with E-state index in [1.807, 2.05) is 0 Å². The summed E-state index contributed by atoms with van der Waals surface area (Å²) in [6.07, 6.45) is 0.899. The number of amides is 2. The molecule has 0 aliphatic heterocycles. The Morgan fingerprint density at radius 1 is 1.53 bits per heavy atom. The molecule has 1 aromatic rings. The second-order valence-corrected chi connectivity index (χ2v) is 3.70. The van der Waals surface area contributed by atoms with Crippen LogP contribution in [0.15, 0.2) is 12.3 Å². The molecule has 0 fully saturated rings. The highest BCUT2D eigenvalue weighted by atomic mass is 35.5. The Morgan fingerprint density at radius 3 is 2.59 bits per heavy atom. The molecule has 92 valence electrons. The third-order valence-electron chi connectivity index (χ3n) is 1.90. The standard InChI is InChI=1S/C9H10ClN3O4/c10-4-1-5(12-3-4)8(15)13-6(9(16)17)2-7(11)14/h1,3,6,12H,2H2,(H2,11,14)(H,13,15)(H,16,17)/t6-/m0/s1. The zero-order valence-corrected chi connectivity index (χ0v) is 9.32. The predicted molar refractivity (Wildman–Crippen MR) is 58.5 cm³/mol. The molecule has 1 rings (SSSR count). The van der Waals surface area contributed by atoms with Gasteiger partial charge in [0, 0.05) is 6.20 Å². The van der Waals surface area contributed by atoms with E-state index in [2.05, 4.69) is 10.3 Å². The molecular weight excluding hydrogens is 250 g/mol. The monoisotopic (exact) mass is 259 g/mol. The summed E-state index contributed by atoms with van der Waals surface area (Å²) in [6.45, 7) is 0. The fourth-order valence-electron chi connectivity index (χ4n) is 1.14. The Bertz CT molecular complexity index is 457. The zero-order valence-electron chi connectivity index (χ0n) is 8.57.